The Balaban J connectivity index is 1.81. The Morgan fingerprint density at radius 3 is 3.00 bits per heavy atom. The van der Waals surface area contributed by atoms with E-state index in [4.69, 9.17) is 4.42 Å². The maximum absolute atomic E-state index is 13.5. The van der Waals surface area contributed by atoms with E-state index in [9.17, 15) is 12.8 Å². The normalized spacial score (nSPS) is 18.8. The molecular weight excluding hydrogens is 301 g/mol. The van der Waals surface area contributed by atoms with Crippen molar-refractivity contribution in [1.82, 2.24) is 20.5 Å². The lowest BCUT2D eigenvalue weighted by Gasteiger charge is -2.04. The SMILES string of the molecule is O=S(=O)(Nc1nnc(C2CCCN2)o1)c1ncccc1F. The van der Waals surface area contributed by atoms with Gasteiger partial charge < -0.3 is 9.73 Å². The monoisotopic (exact) mass is 313 g/mol. The first kappa shape index (κ1) is 13.9. The van der Waals surface area contributed by atoms with Gasteiger partial charge in [-0.3, -0.25) is 0 Å². The first-order valence-electron chi connectivity index (χ1n) is 6.26. The zero-order valence-electron chi connectivity index (χ0n) is 10.8. The van der Waals surface area contributed by atoms with Crippen molar-refractivity contribution in [3.8, 4) is 0 Å². The number of hydrogen-bond donors (Lipinski definition) is 2. The molecule has 2 N–H and O–H groups in total. The Labute approximate surface area is 119 Å². The van der Waals surface area contributed by atoms with Crippen molar-refractivity contribution >= 4 is 16.0 Å². The number of nitrogens with zero attached hydrogens (tertiary/aromatic N) is 3. The minimum atomic E-state index is -4.21. The van der Waals surface area contributed by atoms with Crippen LogP contribution >= 0.6 is 0 Å². The fraction of sp³-hybridized carbons (Fsp3) is 0.364. The molecule has 0 radical (unpaired) electrons. The summed E-state index contributed by atoms with van der Waals surface area (Å²) in [5, 5.41) is 9.81. The van der Waals surface area contributed by atoms with Crippen LogP contribution in [-0.2, 0) is 10.0 Å². The Kier molecular flexibility index (Phi) is 3.55. The average Bonchev–Trinajstić information content (AvgIpc) is 3.09. The highest BCUT2D eigenvalue weighted by Crippen LogP contribution is 2.23. The van der Waals surface area contributed by atoms with Crippen molar-refractivity contribution in [1.29, 1.82) is 0 Å². The highest BCUT2D eigenvalue weighted by Gasteiger charge is 2.26. The molecule has 10 heteroatoms. The van der Waals surface area contributed by atoms with Gasteiger partial charge in [-0.25, -0.2) is 14.1 Å². The molecule has 0 bridgehead atoms. The van der Waals surface area contributed by atoms with Gasteiger partial charge in [0.15, 0.2) is 5.82 Å². The van der Waals surface area contributed by atoms with E-state index in [1.807, 2.05) is 4.72 Å². The van der Waals surface area contributed by atoms with Crippen LogP contribution in [-0.4, -0.2) is 30.1 Å². The smallest absolute Gasteiger partial charge is 0.329 e. The number of anilines is 1. The Bertz CT molecular complexity index is 742. The van der Waals surface area contributed by atoms with E-state index in [1.54, 1.807) is 0 Å². The van der Waals surface area contributed by atoms with Crippen LogP contribution in [0.4, 0.5) is 10.4 Å². The van der Waals surface area contributed by atoms with E-state index in [-0.39, 0.29) is 12.1 Å². The highest BCUT2D eigenvalue weighted by molar-refractivity contribution is 7.92. The summed E-state index contributed by atoms with van der Waals surface area (Å²) in [6.45, 7) is 0.841. The van der Waals surface area contributed by atoms with Crippen LogP contribution in [0.25, 0.3) is 0 Å². The molecule has 3 heterocycles. The van der Waals surface area contributed by atoms with Gasteiger partial charge in [0.05, 0.1) is 6.04 Å². The third-order valence-electron chi connectivity index (χ3n) is 3.00. The summed E-state index contributed by atoms with van der Waals surface area (Å²) in [6, 6.07) is 1.90. The number of hydrogen-bond acceptors (Lipinski definition) is 7. The second-order valence-electron chi connectivity index (χ2n) is 4.49. The lowest BCUT2D eigenvalue weighted by atomic mass is 10.2. The summed E-state index contributed by atoms with van der Waals surface area (Å²) in [5.41, 5.74) is 0. The van der Waals surface area contributed by atoms with Crippen LogP contribution in [0.3, 0.4) is 0 Å². The third kappa shape index (κ3) is 2.85. The zero-order chi connectivity index (χ0) is 14.9. The summed E-state index contributed by atoms with van der Waals surface area (Å²) in [4.78, 5) is 3.50. The number of nitrogens with one attached hydrogen (secondary N) is 2. The lowest BCUT2D eigenvalue weighted by Crippen LogP contribution is -2.16. The zero-order valence-corrected chi connectivity index (χ0v) is 11.6. The van der Waals surface area contributed by atoms with Crippen LogP contribution in [0.2, 0.25) is 0 Å². The topological polar surface area (TPSA) is 110 Å². The van der Waals surface area contributed by atoms with Crippen LogP contribution < -0.4 is 10.0 Å². The number of pyridine rings is 1. The summed E-state index contributed by atoms with van der Waals surface area (Å²) in [5.74, 6) is -0.658. The number of halogens is 1. The minimum absolute atomic E-state index is 0.0812. The van der Waals surface area contributed by atoms with Crippen LogP contribution in [0.5, 0.6) is 0 Å². The molecule has 3 rings (SSSR count). The van der Waals surface area contributed by atoms with Crippen molar-refractivity contribution in [3.63, 3.8) is 0 Å². The molecule has 1 aliphatic heterocycles. The number of aromatic nitrogens is 3. The fourth-order valence-corrected chi connectivity index (χ4v) is 2.98. The van der Waals surface area contributed by atoms with Gasteiger partial charge in [-0.1, -0.05) is 5.10 Å². The van der Waals surface area contributed by atoms with E-state index in [1.165, 1.54) is 12.3 Å². The molecule has 0 amide bonds. The summed E-state index contributed by atoms with van der Waals surface area (Å²) in [6.07, 6.45) is 3.00. The van der Waals surface area contributed by atoms with Gasteiger partial charge in [-0.15, -0.1) is 5.10 Å². The molecule has 1 unspecified atom stereocenters. The van der Waals surface area contributed by atoms with Gasteiger partial charge in [0.25, 0.3) is 10.0 Å². The summed E-state index contributed by atoms with van der Waals surface area (Å²) in [7, 11) is -4.21. The molecule has 0 saturated carbocycles. The Morgan fingerprint density at radius 1 is 1.43 bits per heavy atom. The summed E-state index contributed by atoms with van der Waals surface area (Å²) >= 11 is 0. The van der Waals surface area contributed by atoms with Crippen molar-refractivity contribution in [2.75, 3.05) is 11.3 Å². The van der Waals surface area contributed by atoms with Crippen molar-refractivity contribution < 1.29 is 17.2 Å². The average molecular weight is 313 g/mol. The lowest BCUT2D eigenvalue weighted by molar-refractivity contribution is 0.439. The van der Waals surface area contributed by atoms with E-state index in [2.05, 4.69) is 20.5 Å². The van der Waals surface area contributed by atoms with E-state index in [0.717, 1.165) is 25.5 Å². The molecule has 8 nitrogen and oxygen atoms in total. The highest BCUT2D eigenvalue weighted by atomic mass is 32.2. The number of sulfonamides is 1. The summed E-state index contributed by atoms with van der Waals surface area (Å²) < 4.78 is 44.7. The van der Waals surface area contributed by atoms with Gasteiger partial charge in [0.2, 0.25) is 10.9 Å². The van der Waals surface area contributed by atoms with Gasteiger partial charge in [-0.05, 0) is 31.5 Å². The molecule has 2 aromatic heterocycles. The second kappa shape index (κ2) is 5.37. The molecule has 112 valence electrons. The van der Waals surface area contributed by atoms with E-state index >= 15 is 0 Å². The van der Waals surface area contributed by atoms with Crippen LogP contribution in [0.15, 0.2) is 27.8 Å². The van der Waals surface area contributed by atoms with E-state index < -0.39 is 20.9 Å². The number of rotatable bonds is 4. The first-order chi connectivity index (χ1) is 10.1. The van der Waals surface area contributed by atoms with Crippen molar-refractivity contribution in [2.45, 2.75) is 23.9 Å². The van der Waals surface area contributed by atoms with Crippen molar-refractivity contribution in [3.05, 3.63) is 30.0 Å². The molecular formula is C11H12FN5O3S. The third-order valence-corrected chi connectivity index (χ3v) is 4.25. The van der Waals surface area contributed by atoms with Gasteiger partial charge in [-0.2, -0.15) is 8.42 Å². The van der Waals surface area contributed by atoms with Crippen LogP contribution in [0.1, 0.15) is 24.8 Å². The molecule has 0 aliphatic carbocycles. The maximum atomic E-state index is 13.5. The van der Waals surface area contributed by atoms with E-state index in [0.29, 0.717) is 5.89 Å². The predicted octanol–water partition coefficient (Wildman–Crippen LogP) is 0.829. The molecule has 1 saturated heterocycles. The maximum Gasteiger partial charge on any atom is 0.329 e. The molecule has 2 aromatic rings. The molecule has 1 fully saturated rings. The van der Waals surface area contributed by atoms with Gasteiger partial charge >= 0.3 is 6.01 Å². The first-order valence-corrected chi connectivity index (χ1v) is 7.75. The molecule has 1 aliphatic rings. The van der Waals surface area contributed by atoms with Crippen molar-refractivity contribution in [2.24, 2.45) is 0 Å². The molecule has 0 spiro atoms. The fourth-order valence-electron chi connectivity index (χ4n) is 2.04. The standard InChI is InChI=1S/C11H12FN5O3S/c12-7-3-1-6-14-10(7)21(18,19)17-11-16-15-9(20-11)8-4-2-5-13-8/h1,3,6,8,13H,2,4-5H2,(H,16,17). The largest absolute Gasteiger partial charge is 0.406 e. The van der Waals surface area contributed by atoms with Gasteiger partial charge in [0.1, 0.15) is 0 Å². The second-order valence-corrected chi connectivity index (χ2v) is 6.09. The Morgan fingerprint density at radius 2 is 2.29 bits per heavy atom. The van der Waals surface area contributed by atoms with Gasteiger partial charge in [0, 0.05) is 6.20 Å². The molecule has 1 atom stereocenters. The molecule has 21 heavy (non-hydrogen) atoms. The Hall–Kier alpha value is -2.07. The predicted molar refractivity (Wildman–Crippen MR) is 69.3 cm³/mol. The quantitative estimate of drug-likeness (QED) is 0.860. The minimum Gasteiger partial charge on any atom is -0.406 e. The van der Waals surface area contributed by atoms with Crippen LogP contribution in [0, 0.1) is 5.82 Å². The molecule has 0 aromatic carbocycles.